The Labute approximate surface area is 378 Å². The zero-order chi connectivity index (χ0) is 47.7. The van der Waals surface area contributed by atoms with Gasteiger partial charge in [-0.05, 0) is 100 Å². The maximum absolute atomic E-state index is 12.9. The SMILES string of the molecule is CC(C)(C)OC(=O)NC(CSCCCCCCCC(=O)NC(CCC(=O)NCCCOCCOCCOCCCNC(=O)COCC(=O)O)C(=O)OC(C)(C)C)C(=O)OC(C)(C)C. The summed E-state index contributed by atoms with van der Waals surface area (Å²) in [7, 11) is 0. The highest BCUT2D eigenvalue weighted by molar-refractivity contribution is 7.99. The molecule has 0 rings (SSSR count). The Hall–Kier alpha value is -3.72. The molecule has 0 aromatic rings. The average Bonchev–Trinajstić information content (AvgIpc) is 3.14. The van der Waals surface area contributed by atoms with Gasteiger partial charge >= 0.3 is 24.0 Å². The lowest BCUT2D eigenvalue weighted by Crippen LogP contribution is -2.47. The molecule has 0 fully saturated rings. The number of esters is 2. The molecule has 0 heterocycles. The highest BCUT2D eigenvalue weighted by Gasteiger charge is 2.29. The van der Waals surface area contributed by atoms with Gasteiger partial charge in [0.05, 0.1) is 26.4 Å². The van der Waals surface area contributed by atoms with Crippen LogP contribution < -0.4 is 21.3 Å². The molecule has 2 atom stereocenters. The number of carboxylic acids is 1. The van der Waals surface area contributed by atoms with Crippen LogP contribution >= 0.6 is 11.8 Å². The fraction of sp³-hybridized carbons (Fsp3) is 0.837. The normalized spacial score (nSPS) is 12.7. The summed E-state index contributed by atoms with van der Waals surface area (Å²) in [4.78, 5) is 85.2. The van der Waals surface area contributed by atoms with Gasteiger partial charge < -0.3 is 59.5 Å². The second kappa shape index (κ2) is 33.7. The number of alkyl carbamates (subject to hydrolysis) is 1. The molecular weight excluding hydrogens is 845 g/mol. The maximum atomic E-state index is 12.9. The smallest absolute Gasteiger partial charge is 0.408 e. The maximum Gasteiger partial charge on any atom is 0.408 e. The van der Waals surface area contributed by atoms with E-state index < -0.39 is 65.4 Å². The van der Waals surface area contributed by atoms with Crippen molar-refractivity contribution in [2.45, 2.75) is 155 Å². The summed E-state index contributed by atoms with van der Waals surface area (Å²) in [5.41, 5.74) is -2.17. The summed E-state index contributed by atoms with van der Waals surface area (Å²) in [6.07, 6.45) is 4.97. The third-order valence-corrected chi connectivity index (χ3v) is 8.97. The van der Waals surface area contributed by atoms with Gasteiger partial charge in [0.1, 0.15) is 42.1 Å². The number of unbranched alkanes of at least 4 members (excludes halogenated alkanes) is 4. The summed E-state index contributed by atoms with van der Waals surface area (Å²) in [6, 6.07) is -1.81. The van der Waals surface area contributed by atoms with Gasteiger partial charge in [-0.15, -0.1) is 0 Å². The quantitative estimate of drug-likeness (QED) is 0.0341. The topological polar surface area (TPSA) is 252 Å². The Kier molecular flexibility index (Phi) is 31.7. The molecule has 0 aromatic carbocycles. The lowest BCUT2D eigenvalue weighted by atomic mass is 10.1. The number of carbonyl (C=O) groups is 7. The van der Waals surface area contributed by atoms with E-state index in [-0.39, 0.29) is 37.7 Å². The van der Waals surface area contributed by atoms with Crippen LogP contribution in [0.4, 0.5) is 4.79 Å². The molecule has 0 spiro atoms. The van der Waals surface area contributed by atoms with Crippen LogP contribution in [0.3, 0.4) is 0 Å². The van der Waals surface area contributed by atoms with Gasteiger partial charge in [-0.2, -0.15) is 11.8 Å². The Bertz CT molecular complexity index is 1350. The highest BCUT2D eigenvalue weighted by Crippen LogP contribution is 2.16. The molecule has 0 aromatic heterocycles. The molecular formula is C43H78N4O15S. The number of thioether (sulfide) groups is 1. The van der Waals surface area contributed by atoms with Crippen LogP contribution in [0.5, 0.6) is 0 Å². The molecule has 2 unspecified atom stereocenters. The highest BCUT2D eigenvalue weighted by atomic mass is 32.2. The Morgan fingerprint density at radius 3 is 1.54 bits per heavy atom. The number of carboxylic acid groups (broad SMARTS) is 1. The zero-order valence-electron chi connectivity index (χ0n) is 39.3. The zero-order valence-corrected chi connectivity index (χ0v) is 40.1. The van der Waals surface area contributed by atoms with Gasteiger partial charge in [-0.3, -0.25) is 14.4 Å². The number of hydrogen-bond donors (Lipinski definition) is 5. The lowest BCUT2D eigenvalue weighted by molar-refractivity contribution is -0.159. The van der Waals surface area contributed by atoms with Gasteiger partial charge in [0, 0.05) is 44.9 Å². The largest absolute Gasteiger partial charge is 0.480 e. The number of nitrogens with one attached hydrogen (secondary N) is 4. The molecule has 0 saturated carbocycles. The Morgan fingerprint density at radius 2 is 1.00 bits per heavy atom. The third-order valence-electron chi connectivity index (χ3n) is 7.82. The fourth-order valence-electron chi connectivity index (χ4n) is 5.09. The first-order valence-electron chi connectivity index (χ1n) is 21.9. The number of rotatable bonds is 35. The lowest BCUT2D eigenvalue weighted by Gasteiger charge is -2.26. The van der Waals surface area contributed by atoms with E-state index in [1.54, 1.807) is 74.1 Å². The average molecular weight is 923 g/mol. The molecule has 0 bridgehead atoms. The number of aliphatic carboxylic acids is 1. The van der Waals surface area contributed by atoms with E-state index in [9.17, 15) is 33.6 Å². The molecule has 366 valence electrons. The van der Waals surface area contributed by atoms with Crippen molar-refractivity contribution in [1.82, 2.24) is 21.3 Å². The summed E-state index contributed by atoms with van der Waals surface area (Å²) in [5, 5.41) is 19.3. The predicted molar refractivity (Wildman–Crippen MR) is 237 cm³/mol. The molecule has 0 saturated heterocycles. The van der Waals surface area contributed by atoms with E-state index in [0.717, 1.165) is 31.4 Å². The standard InChI is InChI=1S/C43H78N4O15S/c1-41(2,3)60-38(53)32(18-19-34(48)44-20-15-22-56-24-26-58-27-25-57-23-16-21-45-36(50)29-59-30-37(51)52)46-35(49)17-13-11-10-12-14-28-63-31-33(39(54)61-42(4,5)6)47-40(55)62-43(7,8)9/h32-33H,10-31H2,1-9H3,(H,44,48)(H,45,50)(H,46,49)(H,47,55)(H,51,52). The van der Waals surface area contributed by atoms with Crippen LogP contribution in [0, 0.1) is 0 Å². The van der Waals surface area contributed by atoms with Crippen molar-refractivity contribution in [3.05, 3.63) is 0 Å². The molecule has 63 heavy (non-hydrogen) atoms. The molecule has 0 aliphatic rings. The van der Waals surface area contributed by atoms with Crippen molar-refractivity contribution >= 4 is 53.5 Å². The van der Waals surface area contributed by atoms with E-state index in [1.807, 2.05) is 0 Å². The molecule has 19 nitrogen and oxygen atoms in total. The van der Waals surface area contributed by atoms with Gasteiger partial charge in [0.2, 0.25) is 17.7 Å². The van der Waals surface area contributed by atoms with Crippen molar-refractivity contribution in [2.24, 2.45) is 0 Å². The minimum absolute atomic E-state index is 0.0206. The van der Waals surface area contributed by atoms with Crippen molar-refractivity contribution < 1.29 is 71.8 Å². The van der Waals surface area contributed by atoms with Crippen LogP contribution in [0.15, 0.2) is 0 Å². The molecule has 20 heteroatoms. The monoisotopic (exact) mass is 923 g/mol. The van der Waals surface area contributed by atoms with Crippen LogP contribution in [-0.4, -0.2) is 153 Å². The van der Waals surface area contributed by atoms with Crippen molar-refractivity contribution in [2.75, 3.05) is 77.5 Å². The van der Waals surface area contributed by atoms with Crippen molar-refractivity contribution in [1.29, 1.82) is 0 Å². The number of ether oxygens (including phenoxy) is 7. The number of amides is 4. The summed E-state index contributed by atoms with van der Waals surface area (Å²) in [6.45, 7) is 18.0. The van der Waals surface area contributed by atoms with Gasteiger partial charge in [0.25, 0.3) is 0 Å². The first-order chi connectivity index (χ1) is 29.5. The molecule has 0 aliphatic heterocycles. The molecule has 0 radical (unpaired) electrons. The van der Waals surface area contributed by atoms with E-state index in [4.69, 9.17) is 38.3 Å². The molecule has 0 aliphatic carbocycles. The second-order valence-electron chi connectivity index (χ2n) is 17.6. The van der Waals surface area contributed by atoms with Crippen molar-refractivity contribution in [3.63, 3.8) is 0 Å². The van der Waals surface area contributed by atoms with Crippen molar-refractivity contribution in [3.8, 4) is 0 Å². The molecule has 5 N–H and O–H groups in total. The van der Waals surface area contributed by atoms with Crippen LogP contribution in [0.2, 0.25) is 0 Å². The minimum Gasteiger partial charge on any atom is -0.480 e. The third kappa shape index (κ3) is 39.6. The van der Waals surface area contributed by atoms with Gasteiger partial charge in [0.15, 0.2) is 0 Å². The number of hydrogen-bond acceptors (Lipinski definition) is 15. The first kappa shape index (κ1) is 59.3. The Morgan fingerprint density at radius 1 is 0.508 bits per heavy atom. The summed E-state index contributed by atoms with van der Waals surface area (Å²) in [5.74, 6) is -2.07. The second-order valence-corrected chi connectivity index (χ2v) is 18.8. The van der Waals surface area contributed by atoms with Crippen LogP contribution in [0.1, 0.15) is 127 Å². The minimum atomic E-state index is -1.14. The van der Waals surface area contributed by atoms with E-state index in [0.29, 0.717) is 77.7 Å². The fourth-order valence-corrected chi connectivity index (χ4v) is 6.12. The van der Waals surface area contributed by atoms with Crippen LogP contribution in [-0.2, 0) is 61.9 Å². The predicted octanol–water partition coefficient (Wildman–Crippen LogP) is 4.07. The van der Waals surface area contributed by atoms with Crippen LogP contribution in [0.25, 0.3) is 0 Å². The number of carbonyl (C=O) groups excluding carboxylic acids is 6. The summed E-state index contributed by atoms with van der Waals surface area (Å²) >= 11 is 1.54. The van der Waals surface area contributed by atoms with E-state index in [1.165, 1.54) is 0 Å². The van der Waals surface area contributed by atoms with Gasteiger partial charge in [-0.1, -0.05) is 19.3 Å². The van der Waals surface area contributed by atoms with E-state index >= 15 is 0 Å². The summed E-state index contributed by atoms with van der Waals surface area (Å²) < 4.78 is 37.5. The first-order valence-corrected chi connectivity index (χ1v) is 23.0. The van der Waals surface area contributed by atoms with E-state index in [2.05, 4.69) is 21.3 Å². The van der Waals surface area contributed by atoms with Gasteiger partial charge in [-0.25, -0.2) is 19.2 Å². The Balaban J connectivity index is 4.29. The molecule has 4 amide bonds.